The van der Waals surface area contributed by atoms with Crippen molar-refractivity contribution in [3.63, 3.8) is 0 Å². The van der Waals surface area contributed by atoms with Crippen LogP contribution in [-0.2, 0) is 24.2 Å². The molecule has 0 saturated carbocycles. The quantitative estimate of drug-likeness (QED) is 0.251. The first-order chi connectivity index (χ1) is 15.9. The molecule has 174 valence electrons. The van der Waals surface area contributed by atoms with Gasteiger partial charge in [-0.25, -0.2) is 0 Å². The third-order valence-corrected chi connectivity index (χ3v) is 6.14. The molecule has 3 rings (SSSR count). The van der Waals surface area contributed by atoms with E-state index in [9.17, 15) is 14.9 Å². The van der Waals surface area contributed by atoms with Gasteiger partial charge < -0.3 is 14.6 Å². The van der Waals surface area contributed by atoms with E-state index in [1.54, 1.807) is 20.1 Å². The lowest BCUT2D eigenvalue weighted by molar-refractivity contribution is -0.384. The van der Waals surface area contributed by atoms with Crippen LogP contribution in [0, 0.1) is 17.0 Å². The van der Waals surface area contributed by atoms with Crippen LogP contribution in [0.5, 0.6) is 5.75 Å². The molecule has 2 aromatic carbocycles. The first-order valence-corrected chi connectivity index (χ1v) is 11.6. The molecular weight excluding hydrogens is 442 g/mol. The van der Waals surface area contributed by atoms with Crippen molar-refractivity contribution in [1.82, 2.24) is 14.8 Å². The van der Waals surface area contributed by atoms with Gasteiger partial charge in [0.1, 0.15) is 11.6 Å². The second kappa shape index (κ2) is 11.5. The van der Waals surface area contributed by atoms with E-state index in [4.69, 9.17) is 4.74 Å². The summed E-state index contributed by atoms with van der Waals surface area (Å²) in [4.78, 5) is 22.9. The third kappa shape index (κ3) is 6.55. The average molecular weight is 470 g/mol. The minimum Gasteiger partial charge on any atom is -0.497 e. The third-order valence-electron chi connectivity index (χ3n) is 5.17. The smallest absolute Gasteiger partial charge is 0.271 e. The second-order valence-electron chi connectivity index (χ2n) is 7.44. The Morgan fingerprint density at radius 1 is 1.18 bits per heavy atom. The first kappa shape index (κ1) is 24.2. The number of hydrogen-bond donors (Lipinski definition) is 1. The van der Waals surface area contributed by atoms with Crippen LogP contribution in [-0.4, -0.2) is 38.5 Å². The van der Waals surface area contributed by atoms with Crippen molar-refractivity contribution >= 4 is 29.0 Å². The number of hydrogen-bond acceptors (Lipinski definition) is 7. The zero-order valence-electron chi connectivity index (χ0n) is 18.9. The number of anilines is 1. The van der Waals surface area contributed by atoms with Crippen LogP contribution in [0.2, 0.25) is 0 Å². The minimum atomic E-state index is -0.482. The lowest BCUT2D eigenvalue weighted by atomic mass is 10.1. The number of nitro benzene ring substituents is 1. The lowest BCUT2D eigenvalue weighted by Crippen LogP contribution is -2.15. The van der Waals surface area contributed by atoms with Crippen LogP contribution in [0.3, 0.4) is 0 Å². The van der Waals surface area contributed by atoms with Gasteiger partial charge in [-0.05, 0) is 49.9 Å². The summed E-state index contributed by atoms with van der Waals surface area (Å²) in [5.41, 5.74) is 2.37. The number of thioether (sulfide) groups is 1. The molecule has 1 N–H and O–H groups in total. The summed E-state index contributed by atoms with van der Waals surface area (Å²) in [6.07, 6.45) is 2.64. The molecule has 0 atom stereocenters. The van der Waals surface area contributed by atoms with Gasteiger partial charge in [0.25, 0.3) is 5.69 Å². The van der Waals surface area contributed by atoms with Crippen molar-refractivity contribution in [3.05, 3.63) is 69.5 Å². The maximum absolute atomic E-state index is 12.4. The summed E-state index contributed by atoms with van der Waals surface area (Å²) < 4.78 is 7.21. The van der Waals surface area contributed by atoms with Gasteiger partial charge in [0.15, 0.2) is 5.16 Å². The van der Waals surface area contributed by atoms with Gasteiger partial charge in [-0.1, -0.05) is 30.0 Å². The monoisotopic (exact) mass is 469 g/mol. The number of benzene rings is 2. The summed E-state index contributed by atoms with van der Waals surface area (Å²) in [6, 6.07) is 12.4. The van der Waals surface area contributed by atoms with E-state index >= 15 is 0 Å². The van der Waals surface area contributed by atoms with E-state index in [-0.39, 0.29) is 17.3 Å². The molecule has 0 radical (unpaired) electrons. The highest BCUT2D eigenvalue weighted by molar-refractivity contribution is 7.99. The number of nitrogens with zero attached hydrogens (tertiary/aromatic N) is 4. The van der Waals surface area contributed by atoms with Gasteiger partial charge in [0.05, 0.1) is 23.5 Å². The lowest BCUT2D eigenvalue weighted by Gasteiger charge is -2.09. The molecule has 3 aromatic rings. The van der Waals surface area contributed by atoms with Crippen molar-refractivity contribution in [2.75, 3.05) is 18.2 Å². The van der Waals surface area contributed by atoms with Crippen LogP contribution in [0.1, 0.15) is 30.3 Å². The second-order valence-corrected chi connectivity index (χ2v) is 8.38. The fourth-order valence-electron chi connectivity index (χ4n) is 3.35. The number of rotatable bonds is 11. The molecule has 0 unspecified atom stereocenters. The summed E-state index contributed by atoms with van der Waals surface area (Å²) in [5.74, 6) is 1.61. The number of aromatic nitrogens is 3. The Morgan fingerprint density at radius 3 is 2.61 bits per heavy atom. The molecule has 33 heavy (non-hydrogen) atoms. The minimum absolute atomic E-state index is 0.0615. The van der Waals surface area contributed by atoms with Crippen LogP contribution in [0.4, 0.5) is 11.4 Å². The predicted octanol–water partition coefficient (Wildman–Crippen LogP) is 4.43. The fourth-order valence-corrected chi connectivity index (χ4v) is 4.17. The van der Waals surface area contributed by atoms with Crippen molar-refractivity contribution < 1.29 is 14.5 Å². The number of non-ortho nitro benzene ring substituents is 1. The first-order valence-electron chi connectivity index (χ1n) is 10.6. The van der Waals surface area contributed by atoms with Gasteiger partial charge in [-0.3, -0.25) is 14.9 Å². The molecule has 0 fully saturated rings. The molecule has 9 nitrogen and oxygen atoms in total. The molecule has 1 aromatic heterocycles. The standard InChI is InChI=1S/C23H27N5O4S/c1-4-27-21(7-5-6-17-9-12-19(32-3)13-10-17)25-26-23(27)33-15-22(29)24-20-14-18(28(30)31)11-8-16(20)2/h8-14H,4-7,15H2,1-3H3,(H,24,29). The number of methoxy groups -OCH3 is 1. The molecule has 0 spiro atoms. The molecule has 10 heteroatoms. The highest BCUT2D eigenvalue weighted by atomic mass is 32.2. The molecule has 1 amide bonds. The van der Waals surface area contributed by atoms with Gasteiger partial charge in [0.2, 0.25) is 5.91 Å². The molecule has 0 aliphatic heterocycles. The Kier molecular flexibility index (Phi) is 8.42. The fraction of sp³-hybridized carbons (Fsp3) is 0.348. The largest absolute Gasteiger partial charge is 0.497 e. The number of nitro groups is 1. The maximum atomic E-state index is 12.4. The number of ether oxygens (including phenoxy) is 1. The zero-order valence-corrected chi connectivity index (χ0v) is 19.7. The Morgan fingerprint density at radius 2 is 1.94 bits per heavy atom. The zero-order chi connectivity index (χ0) is 23.8. The average Bonchev–Trinajstić information content (AvgIpc) is 3.21. The van der Waals surface area contributed by atoms with E-state index in [0.29, 0.717) is 17.4 Å². The van der Waals surface area contributed by atoms with Crippen LogP contribution in [0.15, 0.2) is 47.6 Å². The predicted molar refractivity (Wildman–Crippen MR) is 128 cm³/mol. The summed E-state index contributed by atoms with van der Waals surface area (Å²) in [5, 5.41) is 23.0. The number of amides is 1. The van der Waals surface area contributed by atoms with Crippen molar-refractivity contribution in [2.45, 2.75) is 44.8 Å². The molecule has 1 heterocycles. The summed E-state index contributed by atoms with van der Waals surface area (Å²) >= 11 is 1.30. The number of nitrogens with one attached hydrogen (secondary N) is 1. The van der Waals surface area contributed by atoms with E-state index in [0.717, 1.165) is 36.4 Å². The van der Waals surface area contributed by atoms with Gasteiger partial charge in [-0.15, -0.1) is 10.2 Å². The van der Waals surface area contributed by atoms with E-state index in [1.807, 2.05) is 23.6 Å². The maximum Gasteiger partial charge on any atom is 0.271 e. The Labute approximate surface area is 196 Å². The molecular formula is C23H27N5O4S. The number of aryl methyl sites for hydroxylation is 3. The van der Waals surface area contributed by atoms with Gasteiger partial charge in [0, 0.05) is 25.1 Å². The normalized spacial score (nSPS) is 10.8. The van der Waals surface area contributed by atoms with E-state index in [2.05, 4.69) is 27.6 Å². The van der Waals surface area contributed by atoms with Gasteiger partial charge >= 0.3 is 0 Å². The SMILES string of the molecule is CCn1c(CCCc2ccc(OC)cc2)nnc1SCC(=O)Nc1cc([N+](=O)[O-])ccc1C. The molecule has 0 bridgehead atoms. The van der Waals surface area contributed by atoms with Crippen molar-refractivity contribution in [1.29, 1.82) is 0 Å². The highest BCUT2D eigenvalue weighted by Crippen LogP contribution is 2.23. The summed E-state index contributed by atoms with van der Waals surface area (Å²) in [6.45, 7) is 4.52. The number of carbonyl (C=O) groups is 1. The highest BCUT2D eigenvalue weighted by Gasteiger charge is 2.15. The molecule has 0 saturated heterocycles. The Hall–Kier alpha value is -3.40. The van der Waals surface area contributed by atoms with Crippen molar-refractivity contribution in [2.24, 2.45) is 0 Å². The van der Waals surface area contributed by atoms with Gasteiger partial charge in [-0.2, -0.15) is 0 Å². The van der Waals surface area contributed by atoms with Crippen molar-refractivity contribution in [3.8, 4) is 5.75 Å². The number of carbonyl (C=O) groups excluding carboxylic acids is 1. The van der Waals surface area contributed by atoms with E-state index < -0.39 is 4.92 Å². The topological polar surface area (TPSA) is 112 Å². The molecule has 0 aliphatic carbocycles. The Bertz CT molecular complexity index is 1110. The Balaban J connectivity index is 1.54. The van der Waals surface area contributed by atoms with Crippen LogP contribution < -0.4 is 10.1 Å². The van der Waals surface area contributed by atoms with Crippen LogP contribution in [0.25, 0.3) is 0 Å². The van der Waals surface area contributed by atoms with E-state index in [1.165, 1.54) is 29.5 Å². The summed E-state index contributed by atoms with van der Waals surface area (Å²) in [7, 11) is 1.65. The van der Waals surface area contributed by atoms with Crippen LogP contribution >= 0.6 is 11.8 Å². The molecule has 0 aliphatic rings.